The van der Waals surface area contributed by atoms with Gasteiger partial charge in [0.25, 0.3) is 0 Å². The molecular formula is C10H9Cl2F3O. The molecule has 1 unspecified atom stereocenters. The summed E-state index contributed by atoms with van der Waals surface area (Å²) in [6.45, 7) is 1.23. The second-order valence-corrected chi connectivity index (χ2v) is 4.10. The summed E-state index contributed by atoms with van der Waals surface area (Å²) < 4.78 is 38.3. The maximum absolute atomic E-state index is 12.8. The van der Waals surface area contributed by atoms with Gasteiger partial charge in [-0.15, -0.1) is 0 Å². The lowest BCUT2D eigenvalue weighted by molar-refractivity contribution is -0.267. The molecule has 0 radical (unpaired) electrons. The first kappa shape index (κ1) is 13.6. The van der Waals surface area contributed by atoms with E-state index in [1.807, 2.05) is 0 Å². The van der Waals surface area contributed by atoms with E-state index in [0.29, 0.717) is 0 Å². The molecule has 0 aromatic heterocycles. The van der Waals surface area contributed by atoms with Crippen molar-refractivity contribution in [2.24, 2.45) is 0 Å². The van der Waals surface area contributed by atoms with E-state index >= 15 is 0 Å². The molecule has 1 aromatic rings. The zero-order valence-electron chi connectivity index (χ0n) is 8.28. The third-order valence-electron chi connectivity index (χ3n) is 2.38. The Balaban J connectivity index is 3.40. The van der Waals surface area contributed by atoms with Gasteiger partial charge in [0, 0.05) is 5.56 Å². The molecule has 1 aromatic carbocycles. The molecular weight excluding hydrogens is 264 g/mol. The molecule has 6 heteroatoms. The van der Waals surface area contributed by atoms with Gasteiger partial charge in [0.2, 0.25) is 0 Å². The maximum atomic E-state index is 12.8. The summed E-state index contributed by atoms with van der Waals surface area (Å²) in [6.07, 6.45) is -5.33. The number of halogens is 5. The molecule has 0 amide bonds. The first-order chi connectivity index (χ1) is 7.24. The molecule has 1 rings (SSSR count). The quantitative estimate of drug-likeness (QED) is 0.858. The second kappa shape index (κ2) is 4.43. The summed E-state index contributed by atoms with van der Waals surface area (Å²) >= 11 is 11.3. The number of rotatable bonds is 2. The molecule has 1 N–H and O–H groups in total. The van der Waals surface area contributed by atoms with E-state index in [1.54, 1.807) is 0 Å². The monoisotopic (exact) mass is 272 g/mol. The molecule has 0 saturated heterocycles. The molecule has 0 aliphatic heterocycles. The average molecular weight is 273 g/mol. The molecule has 0 aliphatic carbocycles. The molecule has 0 heterocycles. The van der Waals surface area contributed by atoms with Crippen LogP contribution in [0.4, 0.5) is 13.2 Å². The number of hydrogen-bond donors (Lipinski definition) is 1. The van der Waals surface area contributed by atoms with Crippen LogP contribution in [0.3, 0.4) is 0 Å². The summed E-state index contributed by atoms with van der Waals surface area (Å²) in [6, 6.07) is 3.79. The fourth-order valence-corrected chi connectivity index (χ4v) is 1.82. The highest BCUT2D eigenvalue weighted by Crippen LogP contribution is 2.45. The zero-order valence-corrected chi connectivity index (χ0v) is 9.79. The van der Waals surface area contributed by atoms with Gasteiger partial charge in [-0.25, -0.2) is 0 Å². The number of alkyl halides is 3. The van der Waals surface area contributed by atoms with E-state index in [-0.39, 0.29) is 10.0 Å². The van der Waals surface area contributed by atoms with E-state index < -0.39 is 23.8 Å². The van der Waals surface area contributed by atoms with Crippen molar-refractivity contribution in [2.45, 2.75) is 25.1 Å². The number of hydrogen-bond acceptors (Lipinski definition) is 1. The molecule has 0 aliphatic rings. The van der Waals surface area contributed by atoms with Crippen LogP contribution in [0.5, 0.6) is 0 Å². The van der Waals surface area contributed by atoms with Crippen LogP contribution in [0.25, 0.3) is 0 Å². The van der Waals surface area contributed by atoms with Crippen molar-refractivity contribution in [2.75, 3.05) is 0 Å². The molecule has 0 saturated carbocycles. The van der Waals surface area contributed by atoms with Gasteiger partial charge in [0.05, 0.1) is 10.0 Å². The van der Waals surface area contributed by atoms with Gasteiger partial charge in [0.1, 0.15) is 0 Å². The molecule has 0 spiro atoms. The van der Waals surface area contributed by atoms with Gasteiger partial charge in [-0.2, -0.15) is 13.2 Å². The van der Waals surface area contributed by atoms with Crippen LogP contribution in [-0.2, 0) is 5.60 Å². The van der Waals surface area contributed by atoms with Crippen molar-refractivity contribution in [3.8, 4) is 0 Å². The van der Waals surface area contributed by atoms with Crippen LogP contribution in [0.1, 0.15) is 18.9 Å². The first-order valence-electron chi connectivity index (χ1n) is 4.47. The second-order valence-electron chi connectivity index (χ2n) is 3.31. The van der Waals surface area contributed by atoms with Gasteiger partial charge in [-0.3, -0.25) is 0 Å². The van der Waals surface area contributed by atoms with Gasteiger partial charge >= 0.3 is 6.18 Å². The Morgan fingerprint density at radius 2 is 1.81 bits per heavy atom. The fourth-order valence-electron chi connectivity index (χ4n) is 1.37. The number of benzene rings is 1. The average Bonchev–Trinajstić information content (AvgIpc) is 2.19. The Kier molecular flexibility index (Phi) is 3.77. The summed E-state index contributed by atoms with van der Waals surface area (Å²) in [7, 11) is 0. The smallest absolute Gasteiger partial charge is 0.376 e. The fraction of sp³-hybridized carbons (Fsp3) is 0.400. The van der Waals surface area contributed by atoms with Gasteiger partial charge < -0.3 is 5.11 Å². The Hall–Kier alpha value is -0.450. The van der Waals surface area contributed by atoms with E-state index in [0.717, 1.165) is 6.07 Å². The Morgan fingerprint density at radius 3 is 2.25 bits per heavy atom. The zero-order chi connectivity index (χ0) is 12.6. The minimum absolute atomic E-state index is 0.0182. The van der Waals surface area contributed by atoms with Crippen molar-refractivity contribution in [1.82, 2.24) is 0 Å². The van der Waals surface area contributed by atoms with E-state index in [1.165, 1.54) is 19.1 Å². The van der Waals surface area contributed by atoms with Crippen molar-refractivity contribution in [3.05, 3.63) is 33.8 Å². The molecule has 0 bridgehead atoms. The highest BCUT2D eigenvalue weighted by molar-refractivity contribution is 6.42. The predicted molar refractivity (Wildman–Crippen MR) is 56.7 cm³/mol. The minimum Gasteiger partial charge on any atom is -0.376 e. The van der Waals surface area contributed by atoms with E-state index in [9.17, 15) is 18.3 Å². The summed E-state index contributed by atoms with van der Waals surface area (Å²) in [5, 5.41) is 9.37. The van der Waals surface area contributed by atoms with Crippen LogP contribution in [-0.4, -0.2) is 11.3 Å². The van der Waals surface area contributed by atoms with Crippen LogP contribution in [0.15, 0.2) is 18.2 Å². The third kappa shape index (κ3) is 2.14. The molecule has 1 nitrogen and oxygen atoms in total. The summed E-state index contributed by atoms with van der Waals surface area (Å²) in [5.41, 5.74) is -3.38. The Labute approximate surface area is 101 Å². The Bertz CT molecular complexity index is 392. The van der Waals surface area contributed by atoms with Crippen LogP contribution >= 0.6 is 23.2 Å². The van der Waals surface area contributed by atoms with E-state index in [4.69, 9.17) is 23.2 Å². The van der Waals surface area contributed by atoms with Crippen LogP contribution in [0, 0.1) is 0 Å². The van der Waals surface area contributed by atoms with Gasteiger partial charge in [-0.05, 0) is 12.5 Å². The first-order valence-corrected chi connectivity index (χ1v) is 5.23. The third-order valence-corrected chi connectivity index (χ3v) is 3.20. The molecule has 1 atom stereocenters. The lowest BCUT2D eigenvalue weighted by Crippen LogP contribution is -2.41. The van der Waals surface area contributed by atoms with E-state index in [2.05, 4.69) is 0 Å². The lowest BCUT2D eigenvalue weighted by atomic mass is 9.90. The van der Waals surface area contributed by atoms with Crippen LogP contribution in [0.2, 0.25) is 10.0 Å². The largest absolute Gasteiger partial charge is 0.421 e. The SMILES string of the molecule is CCC(O)(c1cccc(Cl)c1Cl)C(F)(F)F. The lowest BCUT2D eigenvalue weighted by Gasteiger charge is -2.30. The Morgan fingerprint density at radius 1 is 1.25 bits per heavy atom. The van der Waals surface area contributed by atoms with Gasteiger partial charge in [0.15, 0.2) is 5.60 Å². The minimum atomic E-state index is -4.80. The van der Waals surface area contributed by atoms with Crippen molar-refractivity contribution in [3.63, 3.8) is 0 Å². The van der Waals surface area contributed by atoms with Crippen molar-refractivity contribution >= 4 is 23.2 Å². The summed E-state index contributed by atoms with van der Waals surface area (Å²) in [4.78, 5) is 0. The maximum Gasteiger partial charge on any atom is 0.421 e. The molecule has 16 heavy (non-hydrogen) atoms. The van der Waals surface area contributed by atoms with Crippen LogP contribution < -0.4 is 0 Å². The molecule has 90 valence electrons. The highest BCUT2D eigenvalue weighted by Gasteiger charge is 2.54. The highest BCUT2D eigenvalue weighted by atomic mass is 35.5. The standard InChI is InChI=1S/C10H9Cl2F3O/c1-2-9(16,10(13,14)15)6-4-3-5-7(11)8(6)12/h3-5,16H,2H2,1H3. The topological polar surface area (TPSA) is 20.2 Å². The van der Waals surface area contributed by atoms with Crippen molar-refractivity contribution < 1.29 is 18.3 Å². The molecule has 0 fully saturated rings. The van der Waals surface area contributed by atoms with Crippen molar-refractivity contribution in [1.29, 1.82) is 0 Å². The normalized spacial score (nSPS) is 15.9. The van der Waals surface area contributed by atoms with Gasteiger partial charge in [-0.1, -0.05) is 42.3 Å². The summed E-state index contributed by atoms with van der Waals surface area (Å²) in [5.74, 6) is 0. The predicted octanol–water partition coefficient (Wildman–Crippen LogP) is 4.15. The number of aliphatic hydroxyl groups is 1.